The number of hydrogen-bond donors (Lipinski definition) is 3. The van der Waals surface area contributed by atoms with Crippen molar-refractivity contribution in [2.45, 2.75) is 12.5 Å². The van der Waals surface area contributed by atoms with Gasteiger partial charge in [0.25, 0.3) is 11.8 Å². The van der Waals surface area contributed by atoms with Gasteiger partial charge in [-0.15, -0.1) is 0 Å². The highest BCUT2D eigenvalue weighted by atomic mass is 19.1. The number of rotatable bonds is 7. The largest absolute Gasteiger partial charge is 0.344 e. The van der Waals surface area contributed by atoms with Crippen molar-refractivity contribution in [3.8, 4) is 0 Å². The van der Waals surface area contributed by atoms with Crippen molar-refractivity contribution < 1.29 is 23.6 Å². The Bertz CT molecular complexity index is 1100. The Morgan fingerprint density at radius 3 is 2.09 bits per heavy atom. The van der Waals surface area contributed by atoms with E-state index in [-0.39, 0.29) is 24.8 Å². The molecule has 3 N–H and O–H groups in total. The molecule has 184 valence electrons. The third-order valence-corrected chi connectivity index (χ3v) is 6.11. The minimum Gasteiger partial charge on any atom is -0.325 e. The van der Waals surface area contributed by atoms with Gasteiger partial charge in [-0.05, 0) is 36.8 Å². The summed E-state index contributed by atoms with van der Waals surface area (Å²) in [5.74, 6) is -1.61. The van der Waals surface area contributed by atoms with Crippen LogP contribution in [0, 0.1) is 5.82 Å². The fraction of sp³-hybridized carbons (Fsp3) is 0.333. The standard InChI is InChI=1S/C24H27FN6O4/c1-24(17-5-3-2-4-6-17)22(34)31(23(35)27-24)28-21(33)16-30-13-11-29(12-14-30)15-20(32)26-19-9-7-18(25)8-10-19/h2-10H,11-16H2,1H3,(H,26,32)(H,27,35)(H,28,33)/t24-/m0/s1. The van der Waals surface area contributed by atoms with Crippen molar-refractivity contribution in [2.75, 3.05) is 44.6 Å². The first-order valence-corrected chi connectivity index (χ1v) is 11.3. The second-order valence-corrected chi connectivity index (χ2v) is 8.70. The third-order valence-electron chi connectivity index (χ3n) is 6.11. The number of nitrogens with zero attached hydrogens (tertiary/aromatic N) is 3. The quantitative estimate of drug-likeness (QED) is 0.505. The Morgan fingerprint density at radius 1 is 0.914 bits per heavy atom. The number of anilines is 1. The number of halogens is 1. The summed E-state index contributed by atoms with van der Waals surface area (Å²) in [6.07, 6.45) is 0. The van der Waals surface area contributed by atoms with Gasteiger partial charge in [0.05, 0.1) is 13.1 Å². The first-order chi connectivity index (χ1) is 16.7. The van der Waals surface area contributed by atoms with Crippen LogP contribution in [-0.4, -0.2) is 77.8 Å². The van der Waals surface area contributed by atoms with Crippen LogP contribution in [0.5, 0.6) is 0 Å². The maximum Gasteiger partial charge on any atom is 0.344 e. The van der Waals surface area contributed by atoms with E-state index in [1.165, 1.54) is 24.3 Å². The zero-order valence-electron chi connectivity index (χ0n) is 19.3. The minimum atomic E-state index is -1.26. The first kappa shape index (κ1) is 24.3. The molecule has 2 saturated heterocycles. The van der Waals surface area contributed by atoms with E-state index < -0.39 is 23.4 Å². The van der Waals surface area contributed by atoms with E-state index in [1.54, 1.807) is 31.2 Å². The van der Waals surface area contributed by atoms with Crippen LogP contribution in [0.15, 0.2) is 54.6 Å². The molecule has 2 heterocycles. The molecule has 0 saturated carbocycles. The van der Waals surface area contributed by atoms with E-state index in [1.807, 2.05) is 15.9 Å². The zero-order chi connectivity index (χ0) is 25.0. The molecule has 5 amide bonds. The van der Waals surface area contributed by atoms with Crippen molar-refractivity contribution >= 4 is 29.4 Å². The number of urea groups is 1. The van der Waals surface area contributed by atoms with Crippen molar-refractivity contribution in [3.63, 3.8) is 0 Å². The maximum atomic E-state index is 13.0. The molecule has 0 radical (unpaired) electrons. The lowest BCUT2D eigenvalue weighted by molar-refractivity contribution is -0.139. The summed E-state index contributed by atoms with van der Waals surface area (Å²) in [6.45, 7) is 4.00. The number of imide groups is 1. The lowest BCUT2D eigenvalue weighted by atomic mass is 9.92. The molecule has 0 unspecified atom stereocenters. The summed E-state index contributed by atoms with van der Waals surface area (Å²) < 4.78 is 13.0. The van der Waals surface area contributed by atoms with Crippen LogP contribution >= 0.6 is 0 Å². The predicted octanol–water partition coefficient (Wildman–Crippen LogP) is 0.880. The molecule has 2 aliphatic rings. The van der Waals surface area contributed by atoms with Crippen molar-refractivity contribution in [1.82, 2.24) is 25.6 Å². The van der Waals surface area contributed by atoms with Crippen LogP contribution in [0.1, 0.15) is 12.5 Å². The highest BCUT2D eigenvalue weighted by Gasteiger charge is 2.50. The van der Waals surface area contributed by atoms with Crippen molar-refractivity contribution in [3.05, 3.63) is 66.0 Å². The third kappa shape index (κ3) is 5.64. The minimum absolute atomic E-state index is 0.00866. The number of hydrazine groups is 1. The van der Waals surface area contributed by atoms with Crippen LogP contribution in [0.3, 0.4) is 0 Å². The Labute approximate surface area is 202 Å². The molecule has 1 atom stereocenters. The second-order valence-electron chi connectivity index (χ2n) is 8.70. The highest BCUT2D eigenvalue weighted by molar-refractivity contribution is 6.08. The Kier molecular flexibility index (Phi) is 7.08. The molecular formula is C24H27FN6O4. The van der Waals surface area contributed by atoms with Crippen LogP contribution in [0.2, 0.25) is 0 Å². The van der Waals surface area contributed by atoms with E-state index in [9.17, 15) is 23.6 Å². The average Bonchev–Trinajstić information content (AvgIpc) is 3.06. The number of piperazine rings is 1. The van der Waals surface area contributed by atoms with Crippen LogP contribution < -0.4 is 16.1 Å². The Hall–Kier alpha value is -3.83. The van der Waals surface area contributed by atoms with E-state index in [2.05, 4.69) is 16.1 Å². The molecule has 2 aromatic rings. The lowest BCUT2D eigenvalue weighted by Crippen LogP contribution is -2.54. The van der Waals surface area contributed by atoms with Crippen molar-refractivity contribution in [1.29, 1.82) is 0 Å². The SMILES string of the molecule is C[C@@]1(c2ccccc2)NC(=O)N(NC(=O)CN2CCN(CC(=O)Nc3ccc(F)cc3)CC2)C1=O. The molecule has 2 aromatic carbocycles. The smallest absolute Gasteiger partial charge is 0.325 e. The number of carbonyl (C=O) groups excluding carboxylic acids is 4. The van der Waals surface area contributed by atoms with Gasteiger partial charge in [-0.2, -0.15) is 5.01 Å². The molecule has 2 aliphatic heterocycles. The maximum absolute atomic E-state index is 13.0. The topological polar surface area (TPSA) is 114 Å². The van der Waals surface area contributed by atoms with E-state index in [0.717, 1.165) is 5.01 Å². The summed E-state index contributed by atoms with van der Waals surface area (Å²) in [5, 5.41) is 6.10. The zero-order valence-corrected chi connectivity index (χ0v) is 19.3. The van der Waals surface area contributed by atoms with Gasteiger partial charge in [0.2, 0.25) is 5.91 Å². The summed E-state index contributed by atoms with van der Waals surface area (Å²) in [5.41, 5.74) is 2.30. The van der Waals surface area contributed by atoms with Gasteiger partial charge in [0.1, 0.15) is 11.4 Å². The molecule has 0 spiro atoms. The highest BCUT2D eigenvalue weighted by Crippen LogP contribution is 2.27. The van der Waals surface area contributed by atoms with Gasteiger partial charge in [0, 0.05) is 31.9 Å². The molecule has 0 aliphatic carbocycles. The van der Waals surface area contributed by atoms with Gasteiger partial charge >= 0.3 is 6.03 Å². The molecule has 0 aromatic heterocycles. The van der Waals surface area contributed by atoms with Gasteiger partial charge in [-0.25, -0.2) is 9.18 Å². The van der Waals surface area contributed by atoms with Gasteiger partial charge in [-0.1, -0.05) is 30.3 Å². The van der Waals surface area contributed by atoms with Crippen molar-refractivity contribution in [2.24, 2.45) is 0 Å². The second kappa shape index (κ2) is 10.2. The monoisotopic (exact) mass is 482 g/mol. The van der Waals surface area contributed by atoms with Crippen LogP contribution in [0.25, 0.3) is 0 Å². The lowest BCUT2D eigenvalue weighted by Gasteiger charge is -2.34. The number of nitrogens with one attached hydrogen (secondary N) is 3. The predicted molar refractivity (Wildman–Crippen MR) is 125 cm³/mol. The summed E-state index contributed by atoms with van der Waals surface area (Å²) in [4.78, 5) is 53.9. The number of amides is 5. The first-order valence-electron chi connectivity index (χ1n) is 11.3. The normalized spacial score (nSPS) is 21.0. The summed E-state index contributed by atoms with van der Waals surface area (Å²) in [7, 11) is 0. The number of benzene rings is 2. The number of carbonyl (C=O) groups is 4. The average molecular weight is 483 g/mol. The van der Waals surface area contributed by atoms with Gasteiger partial charge in [0.15, 0.2) is 0 Å². The molecule has 11 heteroatoms. The van der Waals surface area contributed by atoms with Crippen LogP contribution in [-0.2, 0) is 19.9 Å². The molecule has 35 heavy (non-hydrogen) atoms. The van der Waals surface area contributed by atoms with Crippen LogP contribution in [0.4, 0.5) is 14.9 Å². The van der Waals surface area contributed by atoms with E-state index in [4.69, 9.17) is 0 Å². The van der Waals surface area contributed by atoms with Gasteiger partial charge in [-0.3, -0.25) is 29.6 Å². The molecule has 4 rings (SSSR count). The molecular weight excluding hydrogens is 455 g/mol. The number of hydrogen-bond acceptors (Lipinski definition) is 6. The Morgan fingerprint density at radius 2 is 1.49 bits per heavy atom. The summed E-state index contributed by atoms with van der Waals surface area (Å²) >= 11 is 0. The van der Waals surface area contributed by atoms with E-state index >= 15 is 0 Å². The molecule has 0 bridgehead atoms. The Balaban J connectivity index is 1.23. The molecule has 10 nitrogen and oxygen atoms in total. The van der Waals surface area contributed by atoms with Gasteiger partial charge < -0.3 is 10.6 Å². The summed E-state index contributed by atoms with van der Waals surface area (Å²) in [6, 6.07) is 13.7. The van der Waals surface area contributed by atoms with E-state index in [0.29, 0.717) is 37.4 Å². The molecule has 2 fully saturated rings. The fourth-order valence-electron chi connectivity index (χ4n) is 4.11. The fourth-order valence-corrected chi connectivity index (χ4v) is 4.11.